The zero-order valence-corrected chi connectivity index (χ0v) is 25.6. The molecular weight excluding hydrogens is 668 g/mol. The maximum Gasteiger partial charge on any atom is 3.00 e. The second-order valence-electron chi connectivity index (χ2n) is 4.96. The van der Waals surface area contributed by atoms with E-state index in [1.807, 2.05) is 0 Å². The Morgan fingerprint density at radius 1 is 0.438 bits per heavy atom. The van der Waals surface area contributed by atoms with Crippen LogP contribution in [0.4, 0.5) is 0 Å². The summed E-state index contributed by atoms with van der Waals surface area (Å²) < 4.78 is -5.84. The molecule has 0 aliphatic heterocycles. The topological polar surface area (TPSA) is 241 Å². The molecule has 0 saturated carbocycles. The first-order valence-corrected chi connectivity index (χ1v) is 9.35. The van der Waals surface area contributed by atoms with E-state index in [1.165, 1.54) is 0 Å². The quantitative estimate of drug-likeness (QED) is 0.0757. The summed E-state index contributed by atoms with van der Waals surface area (Å²) in [6, 6.07) is 0. The number of carboxylic acid groups (broad SMARTS) is 6. The molecule has 32 heavy (non-hydrogen) atoms. The van der Waals surface area contributed by atoms with Gasteiger partial charge in [0.25, 0.3) is 0 Å². The fraction of sp³-hybridized carbons (Fsp3) is 0.500. The largest absolute Gasteiger partial charge is 3.00 e. The number of aliphatic carboxylic acids is 6. The van der Waals surface area contributed by atoms with Crippen LogP contribution in [0.5, 0.6) is 0 Å². The van der Waals surface area contributed by atoms with E-state index in [9.17, 15) is 59.4 Å². The summed E-state index contributed by atoms with van der Waals surface area (Å²) >= 11 is 20.4. The van der Waals surface area contributed by atoms with E-state index in [2.05, 4.69) is 75.8 Å². The minimum Gasteiger partial charge on any atom is -0.550 e. The fourth-order valence-electron chi connectivity index (χ4n) is 0.820. The van der Waals surface area contributed by atoms with Crippen molar-refractivity contribution in [1.29, 1.82) is 0 Å². The summed E-state index contributed by atoms with van der Waals surface area (Å²) in [5.41, 5.74) is 0. The summed E-state index contributed by atoms with van der Waals surface area (Å²) in [6.45, 7) is 0. The van der Waals surface area contributed by atoms with Crippen LogP contribution in [0.25, 0.3) is 0 Å². The molecule has 174 valence electrons. The maximum absolute atomic E-state index is 10.0. The number of hydrogen-bond donors (Lipinski definition) is 6. The number of carbonyl (C=O) groups excluding carboxylic acids is 6. The van der Waals surface area contributed by atoms with Crippen molar-refractivity contribution in [3.63, 3.8) is 0 Å². The van der Waals surface area contributed by atoms with Crippen LogP contribution in [-0.4, -0.2) is 87.6 Å². The van der Waals surface area contributed by atoms with Crippen molar-refractivity contribution in [2.45, 2.75) is 31.5 Å². The number of thiol groups is 6. The Morgan fingerprint density at radius 2 is 0.562 bits per heavy atom. The molecular formula is C12H12Ga2O12S6. The van der Waals surface area contributed by atoms with Crippen LogP contribution in [0, 0.1) is 0 Å². The van der Waals surface area contributed by atoms with E-state index >= 15 is 0 Å². The molecule has 0 atom stereocenters. The van der Waals surface area contributed by atoms with Gasteiger partial charge in [0.2, 0.25) is 0 Å². The standard InChI is InChI=1S/3C4H6O4S2.2Ga/c3*5-2(6)1-4(9,10)3(7)8;;/h3*9-10H,1H2,(H,5,6)(H,7,8);;/q;;;2*+3/p-6. The minimum atomic E-state index is -1.95. The number of carboxylic acids is 6. The summed E-state index contributed by atoms with van der Waals surface area (Å²) in [6.07, 6.45) is -2.37. The van der Waals surface area contributed by atoms with E-state index in [0.29, 0.717) is 0 Å². The Balaban J connectivity index is -0.000000110. The molecule has 0 amide bonds. The summed E-state index contributed by atoms with van der Waals surface area (Å²) in [5.74, 6) is -9.55. The second-order valence-corrected chi connectivity index (χ2v) is 10.6. The van der Waals surface area contributed by atoms with Gasteiger partial charge in [-0.3, -0.25) is 0 Å². The van der Waals surface area contributed by atoms with Crippen molar-refractivity contribution in [3.05, 3.63) is 0 Å². The van der Waals surface area contributed by atoms with Gasteiger partial charge in [0.1, 0.15) is 0 Å². The summed E-state index contributed by atoms with van der Waals surface area (Å²) in [4.78, 5) is 59.5. The molecule has 0 aliphatic carbocycles. The van der Waals surface area contributed by atoms with Crippen LogP contribution in [-0.2, 0) is 28.8 Å². The van der Waals surface area contributed by atoms with E-state index < -0.39 is 67.3 Å². The number of rotatable bonds is 9. The average molecular weight is 680 g/mol. The van der Waals surface area contributed by atoms with Gasteiger partial charge in [-0.05, 0) is 0 Å². The molecule has 0 rings (SSSR count). The Hall–Kier alpha value is 0.193. The van der Waals surface area contributed by atoms with Crippen molar-refractivity contribution in [1.82, 2.24) is 0 Å². The van der Waals surface area contributed by atoms with Gasteiger partial charge in [0.05, 0.1) is 30.1 Å². The van der Waals surface area contributed by atoms with E-state index in [0.717, 1.165) is 0 Å². The van der Waals surface area contributed by atoms with Gasteiger partial charge in [0.15, 0.2) is 0 Å². The van der Waals surface area contributed by atoms with Gasteiger partial charge in [-0.15, -0.1) is 0 Å². The first-order valence-electron chi connectivity index (χ1n) is 6.66. The average Bonchev–Trinajstić information content (AvgIpc) is 2.43. The SMILES string of the molecule is O=C([O-])CC(S)(S)C(=O)[O-].O=C([O-])CC(S)(S)C(=O)[O-].O=C([O-])CC(S)(S)C(=O)[O-].[Ga+3].[Ga+3]. The molecule has 0 aromatic heterocycles. The molecule has 0 fully saturated rings. The number of carbonyl (C=O) groups is 6. The second kappa shape index (κ2) is 18.5. The molecule has 0 aromatic carbocycles. The van der Waals surface area contributed by atoms with Gasteiger partial charge in [-0.25, -0.2) is 0 Å². The molecule has 0 aromatic rings. The first-order chi connectivity index (χ1) is 13.1. The molecule has 0 unspecified atom stereocenters. The van der Waals surface area contributed by atoms with Crippen molar-refractivity contribution in [2.24, 2.45) is 0 Å². The third-order valence-electron chi connectivity index (χ3n) is 2.15. The predicted molar refractivity (Wildman–Crippen MR) is 118 cm³/mol. The third-order valence-corrected chi connectivity index (χ3v) is 4.20. The monoisotopic (exact) mass is 678 g/mol. The summed E-state index contributed by atoms with van der Waals surface area (Å²) in [7, 11) is 0. The van der Waals surface area contributed by atoms with E-state index in [1.54, 1.807) is 0 Å². The molecule has 0 heterocycles. The van der Waals surface area contributed by atoms with E-state index in [-0.39, 0.29) is 39.6 Å². The van der Waals surface area contributed by atoms with Gasteiger partial charge < -0.3 is 59.4 Å². The normalized spacial score (nSPS) is 10.3. The minimum absolute atomic E-state index is 0. The number of hydrogen-bond acceptors (Lipinski definition) is 18. The zero-order valence-electron chi connectivity index (χ0n) is 15.4. The fourth-order valence-corrected chi connectivity index (χ4v) is 1.59. The smallest absolute Gasteiger partial charge is 0.550 e. The van der Waals surface area contributed by atoms with Crippen LogP contribution in [0.1, 0.15) is 19.3 Å². The Morgan fingerprint density at radius 3 is 0.594 bits per heavy atom. The molecule has 12 nitrogen and oxygen atoms in total. The predicted octanol–water partition coefficient (Wildman–Crippen LogP) is -8.46. The van der Waals surface area contributed by atoms with Gasteiger partial charge >= 0.3 is 39.6 Å². The van der Waals surface area contributed by atoms with Crippen LogP contribution in [0.2, 0.25) is 0 Å². The molecule has 0 radical (unpaired) electrons. The van der Waals surface area contributed by atoms with Crippen LogP contribution < -0.4 is 30.6 Å². The molecule has 0 N–H and O–H groups in total. The van der Waals surface area contributed by atoms with E-state index in [4.69, 9.17) is 0 Å². The Labute approximate surface area is 240 Å². The summed E-state index contributed by atoms with van der Waals surface area (Å²) in [5, 5.41) is 59.5. The molecule has 0 spiro atoms. The molecule has 20 heteroatoms. The van der Waals surface area contributed by atoms with Crippen molar-refractivity contribution in [3.8, 4) is 0 Å². The molecule has 0 aliphatic rings. The van der Waals surface area contributed by atoms with Crippen LogP contribution in [0.3, 0.4) is 0 Å². The maximum atomic E-state index is 10.0. The Bertz CT molecular complexity index is 595. The first kappa shape index (κ1) is 42.4. The van der Waals surface area contributed by atoms with Gasteiger partial charge in [-0.1, -0.05) is 0 Å². The third kappa shape index (κ3) is 23.4. The van der Waals surface area contributed by atoms with Gasteiger partial charge in [0, 0.05) is 37.2 Å². The van der Waals surface area contributed by atoms with Crippen molar-refractivity contribution in [2.75, 3.05) is 0 Å². The zero-order chi connectivity index (χ0) is 25.1. The van der Waals surface area contributed by atoms with Crippen molar-refractivity contribution >= 4 is 151 Å². The van der Waals surface area contributed by atoms with Gasteiger partial charge in [-0.2, -0.15) is 75.8 Å². The van der Waals surface area contributed by atoms with Crippen molar-refractivity contribution < 1.29 is 59.4 Å². The molecule has 0 saturated heterocycles. The van der Waals surface area contributed by atoms with Crippen LogP contribution in [0.15, 0.2) is 0 Å². The van der Waals surface area contributed by atoms with Crippen LogP contribution >= 0.6 is 75.8 Å². The Kier molecular flexibility index (Phi) is 24.5. The molecule has 0 bridgehead atoms.